The number of hydrogen-bond donors (Lipinski definition) is 0. The maximum atomic E-state index is 12.4. The molecule has 4 fully saturated rings. The maximum absolute atomic E-state index is 12.4. The molecule has 3 aliphatic carbocycles. The molecule has 3 saturated carbocycles. The van der Waals surface area contributed by atoms with Gasteiger partial charge in [-0.05, 0) is 55.8 Å². The molecule has 0 N–H and O–H groups in total. The molecule has 0 radical (unpaired) electrons. The summed E-state index contributed by atoms with van der Waals surface area (Å²) in [5.41, 5.74) is -0.0149. The molecule has 0 bridgehead atoms. The lowest BCUT2D eigenvalue weighted by molar-refractivity contribution is -0.150. The predicted molar refractivity (Wildman–Crippen MR) is 73.4 cm³/mol. The summed E-state index contributed by atoms with van der Waals surface area (Å²) in [6, 6.07) is 0. The average Bonchev–Trinajstić information content (AvgIpc) is 2.99. The molecule has 4 aliphatic rings. The SMILES string of the molecule is CCC1CC(CC)C2C1C1C(=O)OC3(CCCC3)C12. The van der Waals surface area contributed by atoms with Crippen molar-refractivity contribution in [3.05, 3.63) is 0 Å². The highest BCUT2D eigenvalue weighted by Gasteiger charge is 2.73. The standard InChI is InChI=1S/C17H26O2/c1-3-10-9-11(4-2)13-12(10)14-15(13)17(19-16(14)18)7-5-6-8-17/h10-15H,3-9H2,1-2H3. The summed E-state index contributed by atoms with van der Waals surface area (Å²) in [6.45, 7) is 4.64. The second-order valence-electron chi connectivity index (χ2n) is 7.47. The van der Waals surface area contributed by atoms with Gasteiger partial charge in [0.05, 0.1) is 5.92 Å². The minimum atomic E-state index is -0.0149. The fraction of sp³-hybridized carbons (Fsp3) is 0.941. The van der Waals surface area contributed by atoms with E-state index in [1.54, 1.807) is 0 Å². The van der Waals surface area contributed by atoms with Crippen LogP contribution in [0.2, 0.25) is 0 Å². The molecule has 1 aliphatic heterocycles. The molecule has 4 rings (SSSR count). The van der Waals surface area contributed by atoms with Crippen molar-refractivity contribution in [3.8, 4) is 0 Å². The summed E-state index contributed by atoms with van der Waals surface area (Å²) < 4.78 is 5.98. The lowest BCUT2D eigenvalue weighted by Gasteiger charge is -2.50. The highest BCUT2D eigenvalue weighted by Crippen LogP contribution is 2.70. The summed E-state index contributed by atoms with van der Waals surface area (Å²) in [4.78, 5) is 12.4. The van der Waals surface area contributed by atoms with Gasteiger partial charge >= 0.3 is 5.97 Å². The van der Waals surface area contributed by atoms with Crippen molar-refractivity contribution in [1.82, 2.24) is 0 Å². The van der Waals surface area contributed by atoms with E-state index < -0.39 is 0 Å². The second-order valence-corrected chi connectivity index (χ2v) is 7.47. The Labute approximate surface area is 116 Å². The normalized spacial score (nSPS) is 49.9. The van der Waals surface area contributed by atoms with E-state index in [4.69, 9.17) is 4.74 Å². The Morgan fingerprint density at radius 1 is 1.11 bits per heavy atom. The molecule has 1 heterocycles. The first-order valence-corrected chi connectivity index (χ1v) is 8.44. The Morgan fingerprint density at radius 2 is 1.74 bits per heavy atom. The highest BCUT2D eigenvalue weighted by molar-refractivity contribution is 5.78. The molecule has 1 spiro atoms. The Morgan fingerprint density at radius 3 is 2.37 bits per heavy atom. The van der Waals surface area contributed by atoms with E-state index in [2.05, 4.69) is 13.8 Å². The Hall–Kier alpha value is -0.530. The van der Waals surface area contributed by atoms with Gasteiger partial charge in [-0.2, -0.15) is 0 Å². The van der Waals surface area contributed by atoms with E-state index in [0.29, 0.717) is 11.8 Å². The van der Waals surface area contributed by atoms with Gasteiger partial charge in [-0.1, -0.05) is 26.7 Å². The van der Waals surface area contributed by atoms with E-state index >= 15 is 0 Å². The zero-order valence-electron chi connectivity index (χ0n) is 12.2. The Balaban J connectivity index is 1.68. The van der Waals surface area contributed by atoms with Gasteiger partial charge in [0.25, 0.3) is 0 Å². The van der Waals surface area contributed by atoms with Gasteiger partial charge in [0.1, 0.15) is 5.60 Å². The molecule has 2 heteroatoms. The van der Waals surface area contributed by atoms with Crippen molar-refractivity contribution in [2.45, 2.75) is 64.4 Å². The minimum absolute atomic E-state index is 0.0149. The molecule has 0 amide bonds. The summed E-state index contributed by atoms with van der Waals surface area (Å²) in [6.07, 6.45) is 8.75. The van der Waals surface area contributed by atoms with Crippen LogP contribution in [0.5, 0.6) is 0 Å². The highest BCUT2D eigenvalue weighted by atomic mass is 16.6. The zero-order chi connectivity index (χ0) is 13.2. The Kier molecular flexibility index (Phi) is 2.57. The molecular formula is C17H26O2. The van der Waals surface area contributed by atoms with E-state index in [-0.39, 0.29) is 17.5 Å². The first-order valence-electron chi connectivity index (χ1n) is 8.44. The van der Waals surface area contributed by atoms with E-state index in [9.17, 15) is 4.79 Å². The molecular weight excluding hydrogens is 236 g/mol. The molecule has 0 aromatic carbocycles. The fourth-order valence-electron chi connectivity index (χ4n) is 6.33. The number of ether oxygens (including phenoxy) is 1. The molecule has 2 nitrogen and oxygen atoms in total. The van der Waals surface area contributed by atoms with Crippen LogP contribution in [0.3, 0.4) is 0 Å². The van der Waals surface area contributed by atoms with E-state index in [1.165, 1.54) is 32.1 Å². The molecule has 1 saturated heterocycles. The molecule has 6 unspecified atom stereocenters. The van der Waals surface area contributed by atoms with Gasteiger partial charge in [0.2, 0.25) is 0 Å². The van der Waals surface area contributed by atoms with Crippen LogP contribution in [0.4, 0.5) is 0 Å². The summed E-state index contributed by atoms with van der Waals surface area (Å²) >= 11 is 0. The molecule has 19 heavy (non-hydrogen) atoms. The van der Waals surface area contributed by atoms with Gasteiger partial charge in [0, 0.05) is 5.92 Å². The number of esters is 1. The average molecular weight is 262 g/mol. The lowest BCUT2D eigenvalue weighted by atomic mass is 9.50. The molecule has 0 aromatic rings. The number of carbonyl (C=O) groups excluding carboxylic acids is 1. The topological polar surface area (TPSA) is 26.3 Å². The summed E-state index contributed by atoms with van der Waals surface area (Å²) in [7, 11) is 0. The van der Waals surface area contributed by atoms with Crippen molar-refractivity contribution in [2.75, 3.05) is 0 Å². The Bertz CT molecular complexity index is 396. The van der Waals surface area contributed by atoms with Crippen molar-refractivity contribution >= 4 is 5.97 Å². The maximum Gasteiger partial charge on any atom is 0.310 e. The minimum Gasteiger partial charge on any atom is -0.459 e. The van der Waals surface area contributed by atoms with Crippen molar-refractivity contribution in [3.63, 3.8) is 0 Å². The quantitative estimate of drug-likeness (QED) is 0.708. The van der Waals surface area contributed by atoms with Crippen LogP contribution < -0.4 is 0 Å². The van der Waals surface area contributed by atoms with Gasteiger partial charge < -0.3 is 4.74 Å². The largest absolute Gasteiger partial charge is 0.459 e. The number of rotatable bonds is 2. The van der Waals surface area contributed by atoms with Crippen LogP contribution in [-0.4, -0.2) is 11.6 Å². The van der Waals surface area contributed by atoms with Gasteiger partial charge in [-0.25, -0.2) is 0 Å². The molecule has 6 atom stereocenters. The molecule has 0 aromatic heterocycles. The lowest BCUT2D eigenvalue weighted by Crippen LogP contribution is -2.54. The number of carbonyl (C=O) groups is 1. The van der Waals surface area contributed by atoms with Crippen LogP contribution >= 0.6 is 0 Å². The van der Waals surface area contributed by atoms with Crippen LogP contribution in [0.25, 0.3) is 0 Å². The third-order valence-electron chi connectivity index (χ3n) is 7.04. The first kappa shape index (κ1) is 12.2. The van der Waals surface area contributed by atoms with Gasteiger partial charge in [0.15, 0.2) is 0 Å². The van der Waals surface area contributed by atoms with Gasteiger partial charge in [-0.3, -0.25) is 4.79 Å². The monoisotopic (exact) mass is 262 g/mol. The van der Waals surface area contributed by atoms with E-state index in [0.717, 1.165) is 30.6 Å². The summed E-state index contributed by atoms with van der Waals surface area (Å²) in [5.74, 6) is 4.18. The van der Waals surface area contributed by atoms with Crippen LogP contribution in [0.15, 0.2) is 0 Å². The second kappa shape index (κ2) is 3.99. The first-order chi connectivity index (χ1) is 9.22. The van der Waals surface area contributed by atoms with Crippen LogP contribution in [0, 0.1) is 35.5 Å². The zero-order valence-corrected chi connectivity index (χ0v) is 12.2. The summed E-state index contributed by atoms with van der Waals surface area (Å²) in [5, 5.41) is 0. The van der Waals surface area contributed by atoms with Crippen molar-refractivity contribution in [1.29, 1.82) is 0 Å². The predicted octanol–water partition coefficient (Wildman–Crippen LogP) is 3.79. The van der Waals surface area contributed by atoms with Crippen LogP contribution in [0.1, 0.15) is 58.8 Å². The molecule has 106 valence electrons. The number of fused-ring (bicyclic) bond motifs is 5. The van der Waals surface area contributed by atoms with Crippen LogP contribution in [-0.2, 0) is 9.53 Å². The van der Waals surface area contributed by atoms with E-state index in [1.807, 2.05) is 0 Å². The van der Waals surface area contributed by atoms with Gasteiger partial charge in [-0.15, -0.1) is 0 Å². The van der Waals surface area contributed by atoms with Crippen molar-refractivity contribution < 1.29 is 9.53 Å². The fourth-order valence-corrected chi connectivity index (χ4v) is 6.33. The third kappa shape index (κ3) is 1.36. The third-order valence-corrected chi connectivity index (χ3v) is 7.04. The van der Waals surface area contributed by atoms with Crippen molar-refractivity contribution in [2.24, 2.45) is 35.5 Å². The smallest absolute Gasteiger partial charge is 0.310 e. The number of hydrogen-bond acceptors (Lipinski definition) is 2.